The second kappa shape index (κ2) is 8.55. The van der Waals surface area contributed by atoms with Gasteiger partial charge < -0.3 is 16.4 Å². The van der Waals surface area contributed by atoms with Crippen LogP contribution in [0.2, 0.25) is 0 Å². The molecule has 0 spiro atoms. The van der Waals surface area contributed by atoms with Crippen molar-refractivity contribution >= 4 is 23.6 Å². The molecule has 0 fully saturated rings. The molecule has 0 radical (unpaired) electrons. The summed E-state index contributed by atoms with van der Waals surface area (Å²) in [7, 11) is 0. The number of carbonyl (C=O) groups excluding carboxylic acids is 2. The van der Waals surface area contributed by atoms with E-state index >= 15 is 0 Å². The summed E-state index contributed by atoms with van der Waals surface area (Å²) in [6.45, 7) is 2.49. The van der Waals surface area contributed by atoms with Gasteiger partial charge in [-0.2, -0.15) is 0 Å². The van der Waals surface area contributed by atoms with E-state index in [1.165, 1.54) is 10.5 Å². The van der Waals surface area contributed by atoms with Gasteiger partial charge in [-0.1, -0.05) is 17.7 Å². The number of benzene rings is 1. The Morgan fingerprint density at radius 1 is 1.16 bits per heavy atom. The van der Waals surface area contributed by atoms with Crippen LogP contribution in [0, 0.1) is 6.92 Å². The molecule has 2 amide bonds. The SMILES string of the molecule is Cc1ccc(SCCNC(=O)CNC(=O)CN)cc1. The van der Waals surface area contributed by atoms with Crippen molar-refractivity contribution in [1.82, 2.24) is 10.6 Å². The molecule has 0 unspecified atom stereocenters. The van der Waals surface area contributed by atoms with Gasteiger partial charge in [0.05, 0.1) is 13.1 Å². The van der Waals surface area contributed by atoms with E-state index in [0.29, 0.717) is 6.54 Å². The van der Waals surface area contributed by atoms with E-state index in [9.17, 15) is 9.59 Å². The molecule has 1 aromatic carbocycles. The lowest BCUT2D eigenvalue weighted by Crippen LogP contribution is -2.40. The van der Waals surface area contributed by atoms with Crippen molar-refractivity contribution in [3.05, 3.63) is 29.8 Å². The van der Waals surface area contributed by atoms with Gasteiger partial charge in [-0.05, 0) is 19.1 Å². The third-order valence-electron chi connectivity index (χ3n) is 2.35. The fourth-order valence-corrected chi connectivity index (χ4v) is 2.08. The summed E-state index contributed by atoms with van der Waals surface area (Å²) in [5.74, 6) is 0.259. The Bertz CT molecular complexity index is 420. The molecule has 0 bridgehead atoms. The van der Waals surface area contributed by atoms with Gasteiger partial charge in [-0.3, -0.25) is 9.59 Å². The van der Waals surface area contributed by atoms with Crippen molar-refractivity contribution in [2.75, 3.05) is 25.4 Å². The largest absolute Gasteiger partial charge is 0.354 e. The van der Waals surface area contributed by atoms with Crippen LogP contribution in [0.3, 0.4) is 0 Å². The summed E-state index contributed by atoms with van der Waals surface area (Å²) in [6.07, 6.45) is 0. The van der Waals surface area contributed by atoms with E-state index in [1.54, 1.807) is 11.8 Å². The highest BCUT2D eigenvalue weighted by Crippen LogP contribution is 2.17. The third-order valence-corrected chi connectivity index (χ3v) is 3.36. The molecule has 1 aromatic rings. The van der Waals surface area contributed by atoms with Gasteiger partial charge in [0.2, 0.25) is 11.8 Å². The number of amides is 2. The van der Waals surface area contributed by atoms with E-state index in [0.717, 1.165) is 5.75 Å². The lowest BCUT2D eigenvalue weighted by atomic mass is 10.2. The molecule has 104 valence electrons. The van der Waals surface area contributed by atoms with E-state index in [2.05, 4.69) is 34.9 Å². The van der Waals surface area contributed by atoms with Crippen LogP contribution in [0.5, 0.6) is 0 Å². The van der Waals surface area contributed by atoms with Crippen molar-refractivity contribution in [2.24, 2.45) is 5.73 Å². The first-order valence-electron chi connectivity index (χ1n) is 6.04. The molecule has 6 heteroatoms. The molecule has 0 aliphatic carbocycles. The first-order chi connectivity index (χ1) is 9.11. The molecule has 0 atom stereocenters. The first kappa shape index (κ1) is 15.5. The van der Waals surface area contributed by atoms with Gasteiger partial charge in [-0.25, -0.2) is 0 Å². The number of aryl methyl sites for hydroxylation is 1. The standard InChI is InChI=1S/C13H19N3O2S/c1-10-2-4-11(5-3-10)19-7-6-15-13(18)9-16-12(17)8-14/h2-5H,6-9,14H2,1H3,(H,15,18)(H,16,17). The van der Waals surface area contributed by atoms with Gasteiger partial charge >= 0.3 is 0 Å². The molecule has 0 aromatic heterocycles. The average molecular weight is 281 g/mol. The topological polar surface area (TPSA) is 84.2 Å². The minimum atomic E-state index is -0.329. The summed E-state index contributed by atoms with van der Waals surface area (Å²) in [4.78, 5) is 23.4. The van der Waals surface area contributed by atoms with Crippen LogP contribution in [-0.2, 0) is 9.59 Å². The average Bonchev–Trinajstić information content (AvgIpc) is 2.42. The zero-order chi connectivity index (χ0) is 14.1. The van der Waals surface area contributed by atoms with Crippen molar-refractivity contribution in [3.63, 3.8) is 0 Å². The molecule has 5 nitrogen and oxygen atoms in total. The monoisotopic (exact) mass is 281 g/mol. The predicted molar refractivity (Wildman–Crippen MR) is 77.0 cm³/mol. The smallest absolute Gasteiger partial charge is 0.239 e. The summed E-state index contributed by atoms with van der Waals surface area (Å²) < 4.78 is 0. The van der Waals surface area contributed by atoms with Gasteiger partial charge in [0.1, 0.15) is 0 Å². The normalized spacial score (nSPS) is 10.0. The molecule has 4 N–H and O–H groups in total. The number of hydrogen-bond acceptors (Lipinski definition) is 4. The van der Waals surface area contributed by atoms with E-state index in [4.69, 9.17) is 5.73 Å². The highest BCUT2D eigenvalue weighted by molar-refractivity contribution is 7.99. The van der Waals surface area contributed by atoms with Gasteiger partial charge in [-0.15, -0.1) is 11.8 Å². The van der Waals surface area contributed by atoms with Crippen molar-refractivity contribution in [3.8, 4) is 0 Å². The van der Waals surface area contributed by atoms with Crippen LogP contribution < -0.4 is 16.4 Å². The van der Waals surface area contributed by atoms with E-state index in [-0.39, 0.29) is 24.9 Å². The molecule has 1 rings (SSSR count). The second-order valence-electron chi connectivity index (χ2n) is 3.99. The van der Waals surface area contributed by atoms with E-state index in [1.807, 2.05) is 6.92 Å². The summed E-state index contributed by atoms with van der Waals surface area (Å²) >= 11 is 1.68. The minimum Gasteiger partial charge on any atom is -0.354 e. The summed E-state index contributed by atoms with van der Waals surface area (Å²) in [6, 6.07) is 8.24. The number of nitrogens with two attached hydrogens (primary N) is 1. The zero-order valence-corrected chi connectivity index (χ0v) is 11.8. The molecule has 0 aliphatic heterocycles. The summed E-state index contributed by atoms with van der Waals surface area (Å²) in [5, 5.41) is 5.14. The predicted octanol–water partition coefficient (Wildman–Crippen LogP) is 0.278. The number of rotatable bonds is 7. The highest BCUT2D eigenvalue weighted by Gasteiger charge is 2.03. The maximum Gasteiger partial charge on any atom is 0.239 e. The Morgan fingerprint density at radius 2 is 1.84 bits per heavy atom. The van der Waals surface area contributed by atoms with Crippen LogP contribution in [-0.4, -0.2) is 37.2 Å². The maximum atomic E-state index is 11.3. The Hall–Kier alpha value is -1.53. The third kappa shape index (κ3) is 6.83. The number of thioether (sulfide) groups is 1. The first-order valence-corrected chi connectivity index (χ1v) is 7.03. The lowest BCUT2D eigenvalue weighted by molar-refractivity contribution is -0.125. The van der Waals surface area contributed by atoms with Gasteiger partial charge in [0.15, 0.2) is 0 Å². The number of carbonyl (C=O) groups is 2. The molecule has 0 heterocycles. The lowest BCUT2D eigenvalue weighted by Gasteiger charge is -2.06. The fraction of sp³-hybridized carbons (Fsp3) is 0.385. The van der Waals surface area contributed by atoms with Crippen molar-refractivity contribution in [2.45, 2.75) is 11.8 Å². The van der Waals surface area contributed by atoms with Gasteiger partial charge in [0, 0.05) is 17.2 Å². The summed E-state index contributed by atoms with van der Waals surface area (Å²) in [5.41, 5.74) is 6.34. The molecule has 19 heavy (non-hydrogen) atoms. The number of hydrogen-bond donors (Lipinski definition) is 3. The molecule has 0 aliphatic rings. The van der Waals surface area contributed by atoms with Crippen LogP contribution in [0.25, 0.3) is 0 Å². The number of nitrogens with one attached hydrogen (secondary N) is 2. The maximum absolute atomic E-state index is 11.3. The highest BCUT2D eigenvalue weighted by atomic mass is 32.2. The quantitative estimate of drug-likeness (QED) is 0.495. The zero-order valence-electron chi connectivity index (χ0n) is 10.9. The molecular formula is C13H19N3O2S. The molecule has 0 saturated carbocycles. The van der Waals surface area contributed by atoms with Crippen molar-refractivity contribution in [1.29, 1.82) is 0 Å². The van der Waals surface area contributed by atoms with Crippen LogP contribution in [0.1, 0.15) is 5.56 Å². The van der Waals surface area contributed by atoms with Crippen LogP contribution in [0.4, 0.5) is 0 Å². The molecular weight excluding hydrogens is 262 g/mol. The van der Waals surface area contributed by atoms with Crippen LogP contribution >= 0.6 is 11.8 Å². The fourth-order valence-electron chi connectivity index (χ4n) is 1.31. The molecule has 0 saturated heterocycles. The second-order valence-corrected chi connectivity index (χ2v) is 5.16. The Morgan fingerprint density at radius 3 is 2.47 bits per heavy atom. The Kier molecular flexibility index (Phi) is 6.99. The van der Waals surface area contributed by atoms with Crippen LogP contribution in [0.15, 0.2) is 29.2 Å². The Labute approximate surface area is 117 Å². The Balaban J connectivity index is 2.11. The van der Waals surface area contributed by atoms with E-state index < -0.39 is 0 Å². The van der Waals surface area contributed by atoms with Crippen molar-refractivity contribution < 1.29 is 9.59 Å². The van der Waals surface area contributed by atoms with Gasteiger partial charge in [0.25, 0.3) is 0 Å². The minimum absolute atomic E-state index is 0.0226.